The zero-order valence-electron chi connectivity index (χ0n) is 11.3. The van der Waals surface area contributed by atoms with Crippen LogP contribution in [0.3, 0.4) is 0 Å². The summed E-state index contributed by atoms with van der Waals surface area (Å²) in [5, 5.41) is 3.02. The fourth-order valence-corrected chi connectivity index (χ4v) is 2.00. The van der Waals surface area contributed by atoms with E-state index in [2.05, 4.69) is 36.1 Å². The molecular weight excluding hydrogens is 228 g/mol. The fourth-order valence-electron chi connectivity index (χ4n) is 2.00. The molecule has 5 heteroatoms. The number of imidazole rings is 1. The minimum absolute atomic E-state index is 0.130. The summed E-state index contributed by atoms with van der Waals surface area (Å²) in [7, 11) is 1.84. The van der Waals surface area contributed by atoms with E-state index in [1.165, 1.54) is 0 Å². The number of anilines is 1. The van der Waals surface area contributed by atoms with Crippen molar-refractivity contribution in [1.29, 1.82) is 0 Å². The van der Waals surface area contributed by atoms with E-state index in [1.54, 1.807) is 6.20 Å². The van der Waals surface area contributed by atoms with E-state index in [0.29, 0.717) is 11.8 Å². The summed E-state index contributed by atoms with van der Waals surface area (Å²) < 4.78 is 7.82. The van der Waals surface area contributed by atoms with Gasteiger partial charge in [-0.25, -0.2) is 4.98 Å². The SMILES string of the molecule is CNc1cn2ccnc2c(OC(C)CC(C)C)n1. The molecule has 0 aliphatic heterocycles. The highest BCUT2D eigenvalue weighted by atomic mass is 16.5. The smallest absolute Gasteiger partial charge is 0.260 e. The summed E-state index contributed by atoms with van der Waals surface area (Å²) in [6, 6.07) is 0. The van der Waals surface area contributed by atoms with Crippen LogP contribution in [-0.2, 0) is 0 Å². The van der Waals surface area contributed by atoms with E-state index in [0.717, 1.165) is 17.9 Å². The standard InChI is InChI=1S/C13H20N4O/c1-9(2)7-10(3)18-13-12-15-5-6-17(12)8-11(14-4)16-13/h5-6,8-10,14H,7H2,1-4H3. The predicted molar refractivity (Wildman–Crippen MR) is 72.1 cm³/mol. The first-order valence-corrected chi connectivity index (χ1v) is 6.28. The Hall–Kier alpha value is -1.78. The Balaban J connectivity index is 2.28. The fraction of sp³-hybridized carbons (Fsp3) is 0.538. The second-order valence-electron chi connectivity index (χ2n) is 4.90. The molecule has 5 nitrogen and oxygen atoms in total. The Bertz CT molecular complexity index is 521. The highest BCUT2D eigenvalue weighted by Crippen LogP contribution is 2.21. The van der Waals surface area contributed by atoms with Gasteiger partial charge in [-0.2, -0.15) is 4.98 Å². The second kappa shape index (κ2) is 5.25. The van der Waals surface area contributed by atoms with Gasteiger partial charge in [0.25, 0.3) is 5.88 Å². The molecule has 18 heavy (non-hydrogen) atoms. The number of nitrogens with zero attached hydrogens (tertiary/aromatic N) is 3. The van der Waals surface area contributed by atoms with Gasteiger partial charge < -0.3 is 10.1 Å². The average Bonchev–Trinajstić information content (AvgIpc) is 2.75. The zero-order valence-corrected chi connectivity index (χ0v) is 11.3. The molecule has 1 atom stereocenters. The summed E-state index contributed by atoms with van der Waals surface area (Å²) >= 11 is 0. The van der Waals surface area contributed by atoms with Crippen LogP contribution in [0.15, 0.2) is 18.6 Å². The van der Waals surface area contributed by atoms with Crippen LogP contribution in [0.25, 0.3) is 5.65 Å². The van der Waals surface area contributed by atoms with Crippen molar-refractivity contribution in [2.45, 2.75) is 33.3 Å². The van der Waals surface area contributed by atoms with Crippen molar-refractivity contribution in [3.05, 3.63) is 18.6 Å². The molecule has 0 bridgehead atoms. The lowest BCUT2D eigenvalue weighted by Gasteiger charge is -2.16. The number of nitrogens with one attached hydrogen (secondary N) is 1. The van der Waals surface area contributed by atoms with E-state index < -0.39 is 0 Å². The van der Waals surface area contributed by atoms with Crippen LogP contribution < -0.4 is 10.1 Å². The molecule has 98 valence electrons. The molecule has 2 rings (SSSR count). The van der Waals surface area contributed by atoms with E-state index in [4.69, 9.17) is 4.74 Å². The maximum atomic E-state index is 5.90. The number of hydrogen-bond acceptors (Lipinski definition) is 4. The van der Waals surface area contributed by atoms with Crippen molar-refractivity contribution < 1.29 is 4.74 Å². The molecule has 2 aromatic rings. The Morgan fingerprint density at radius 3 is 2.83 bits per heavy atom. The van der Waals surface area contributed by atoms with Crippen LogP contribution in [0.2, 0.25) is 0 Å². The summed E-state index contributed by atoms with van der Waals surface area (Å²) in [5.74, 6) is 1.95. The van der Waals surface area contributed by atoms with Crippen molar-refractivity contribution in [3.8, 4) is 5.88 Å². The lowest BCUT2D eigenvalue weighted by Crippen LogP contribution is -2.16. The van der Waals surface area contributed by atoms with E-state index in [9.17, 15) is 0 Å². The molecule has 0 aromatic carbocycles. The largest absolute Gasteiger partial charge is 0.472 e. The third kappa shape index (κ3) is 2.72. The molecule has 0 saturated heterocycles. The summed E-state index contributed by atoms with van der Waals surface area (Å²) in [5.41, 5.74) is 0.754. The first-order chi connectivity index (χ1) is 8.60. The van der Waals surface area contributed by atoms with Crippen LogP contribution in [0.1, 0.15) is 27.2 Å². The summed E-state index contributed by atoms with van der Waals surface area (Å²) in [4.78, 5) is 8.70. The first kappa shape index (κ1) is 12.7. The number of rotatable bonds is 5. The lowest BCUT2D eigenvalue weighted by atomic mass is 10.1. The van der Waals surface area contributed by atoms with E-state index in [-0.39, 0.29) is 6.10 Å². The molecule has 0 saturated carbocycles. The number of hydrogen-bond donors (Lipinski definition) is 1. The highest BCUT2D eigenvalue weighted by molar-refractivity contribution is 5.53. The maximum Gasteiger partial charge on any atom is 0.260 e. The van der Waals surface area contributed by atoms with Gasteiger partial charge in [0.2, 0.25) is 5.65 Å². The topological polar surface area (TPSA) is 51.5 Å². The third-order valence-electron chi connectivity index (χ3n) is 2.72. The zero-order chi connectivity index (χ0) is 13.1. The number of fused-ring (bicyclic) bond motifs is 1. The van der Waals surface area contributed by atoms with E-state index in [1.807, 2.05) is 23.8 Å². The van der Waals surface area contributed by atoms with Gasteiger partial charge in [0.1, 0.15) is 5.82 Å². The molecule has 0 aliphatic rings. The Labute approximate surface area is 107 Å². The van der Waals surface area contributed by atoms with Gasteiger partial charge in [-0.05, 0) is 19.3 Å². The van der Waals surface area contributed by atoms with Gasteiger partial charge in [-0.15, -0.1) is 0 Å². The molecule has 0 aliphatic carbocycles. The van der Waals surface area contributed by atoms with Gasteiger partial charge in [-0.1, -0.05) is 13.8 Å². The van der Waals surface area contributed by atoms with Crippen molar-refractivity contribution in [1.82, 2.24) is 14.4 Å². The number of aromatic nitrogens is 3. The Morgan fingerprint density at radius 2 is 2.17 bits per heavy atom. The molecule has 1 unspecified atom stereocenters. The molecule has 0 amide bonds. The van der Waals surface area contributed by atoms with Crippen LogP contribution >= 0.6 is 0 Å². The predicted octanol–water partition coefficient (Wildman–Crippen LogP) is 2.58. The van der Waals surface area contributed by atoms with Crippen LogP contribution in [0.5, 0.6) is 5.88 Å². The number of ether oxygens (including phenoxy) is 1. The third-order valence-corrected chi connectivity index (χ3v) is 2.72. The monoisotopic (exact) mass is 248 g/mol. The van der Waals surface area contributed by atoms with Gasteiger partial charge in [0, 0.05) is 19.4 Å². The molecule has 2 aromatic heterocycles. The van der Waals surface area contributed by atoms with Crippen LogP contribution in [-0.4, -0.2) is 27.5 Å². The summed E-state index contributed by atoms with van der Waals surface area (Å²) in [6.07, 6.45) is 6.65. The lowest BCUT2D eigenvalue weighted by molar-refractivity contribution is 0.187. The first-order valence-electron chi connectivity index (χ1n) is 6.28. The van der Waals surface area contributed by atoms with Gasteiger partial charge in [-0.3, -0.25) is 4.40 Å². The molecule has 0 spiro atoms. The van der Waals surface area contributed by atoms with Crippen molar-refractivity contribution in [2.75, 3.05) is 12.4 Å². The van der Waals surface area contributed by atoms with Crippen molar-refractivity contribution in [3.63, 3.8) is 0 Å². The van der Waals surface area contributed by atoms with E-state index >= 15 is 0 Å². The van der Waals surface area contributed by atoms with Crippen LogP contribution in [0, 0.1) is 5.92 Å². The normalized spacial score (nSPS) is 12.9. The average molecular weight is 248 g/mol. The van der Waals surface area contributed by atoms with Crippen LogP contribution in [0.4, 0.5) is 5.82 Å². The summed E-state index contributed by atoms with van der Waals surface area (Å²) in [6.45, 7) is 6.43. The Morgan fingerprint density at radius 1 is 1.39 bits per heavy atom. The molecule has 0 fully saturated rings. The Kier molecular flexibility index (Phi) is 3.69. The molecular formula is C13H20N4O. The van der Waals surface area contributed by atoms with Gasteiger partial charge >= 0.3 is 0 Å². The minimum atomic E-state index is 0.130. The van der Waals surface area contributed by atoms with Gasteiger partial charge in [0.05, 0.1) is 12.3 Å². The highest BCUT2D eigenvalue weighted by Gasteiger charge is 2.13. The minimum Gasteiger partial charge on any atom is -0.472 e. The van der Waals surface area contributed by atoms with Crippen molar-refractivity contribution >= 4 is 11.5 Å². The molecule has 0 radical (unpaired) electrons. The second-order valence-corrected chi connectivity index (χ2v) is 4.90. The maximum absolute atomic E-state index is 5.90. The quantitative estimate of drug-likeness (QED) is 0.883. The molecule has 2 heterocycles. The van der Waals surface area contributed by atoms with Gasteiger partial charge in [0.15, 0.2) is 0 Å². The molecule has 1 N–H and O–H groups in total. The van der Waals surface area contributed by atoms with Crippen molar-refractivity contribution in [2.24, 2.45) is 5.92 Å².